The fraction of sp³-hybridized carbons (Fsp3) is 0. The van der Waals surface area contributed by atoms with Crippen molar-refractivity contribution < 1.29 is 0 Å². The zero-order valence-corrected chi connectivity index (χ0v) is 5.36. The molecule has 0 saturated heterocycles. The van der Waals surface area contributed by atoms with Crippen LogP contribution in [0.15, 0.2) is 36.7 Å². The largest absolute Gasteiger partial charge is 0.235 e. The van der Waals surface area contributed by atoms with Crippen molar-refractivity contribution in [2.45, 2.75) is 0 Å². The van der Waals surface area contributed by atoms with E-state index in [9.17, 15) is 0 Å². The minimum atomic E-state index is 0.949. The molecule has 0 unspecified atom stereocenters. The lowest BCUT2D eigenvalue weighted by Crippen LogP contribution is -1.67. The van der Waals surface area contributed by atoms with Gasteiger partial charge in [-0.25, -0.2) is 9.97 Å². The molecule has 0 bridgehead atoms. The van der Waals surface area contributed by atoms with E-state index in [1.54, 1.807) is 6.33 Å². The second-order valence-corrected chi connectivity index (χ2v) is 2.05. The van der Waals surface area contributed by atoms with E-state index in [1.807, 2.05) is 30.3 Å². The summed E-state index contributed by atoms with van der Waals surface area (Å²) in [5, 5.41) is 0. The maximum absolute atomic E-state index is 4.05. The predicted molar refractivity (Wildman–Crippen MR) is 38.7 cm³/mol. The first kappa shape index (κ1) is 5.35. The van der Waals surface area contributed by atoms with Gasteiger partial charge in [0.2, 0.25) is 0 Å². The molecule has 0 aromatic heterocycles. The summed E-state index contributed by atoms with van der Waals surface area (Å²) in [6, 6.07) is 9.77. The van der Waals surface area contributed by atoms with Crippen molar-refractivity contribution in [1.82, 2.24) is 9.97 Å². The highest BCUT2D eigenvalue weighted by Crippen LogP contribution is 2.12. The zero-order valence-electron chi connectivity index (χ0n) is 5.36. The van der Waals surface area contributed by atoms with Crippen molar-refractivity contribution in [1.29, 1.82) is 0 Å². The van der Waals surface area contributed by atoms with Crippen molar-refractivity contribution in [2.75, 3.05) is 0 Å². The molecule has 0 aromatic rings. The van der Waals surface area contributed by atoms with E-state index in [0.29, 0.717) is 0 Å². The second kappa shape index (κ2) is 2.06. The van der Waals surface area contributed by atoms with Gasteiger partial charge in [-0.2, -0.15) is 0 Å². The molecule has 1 heterocycles. The second-order valence-electron chi connectivity index (χ2n) is 2.05. The Labute approximate surface area is 58.9 Å². The van der Waals surface area contributed by atoms with Gasteiger partial charge < -0.3 is 0 Å². The van der Waals surface area contributed by atoms with Crippen molar-refractivity contribution in [3.8, 4) is 11.4 Å². The van der Waals surface area contributed by atoms with Gasteiger partial charge in [-0.1, -0.05) is 18.2 Å². The summed E-state index contributed by atoms with van der Waals surface area (Å²) < 4.78 is 0. The van der Waals surface area contributed by atoms with Crippen LogP contribution < -0.4 is 0 Å². The van der Waals surface area contributed by atoms with Crippen LogP contribution in [0, 0.1) is 0 Å². The lowest BCUT2D eigenvalue weighted by Gasteiger charge is -1.81. The fourth-order valence-electron chi connectivity index (χ4n) is 0.900. The molecule has 2 nitrogen and oxygen atoms in total. The third-order valence-corrected chi connectivity index (χ3v) is 1.39. The van der Waals surface area contributed by atoms with Crippen LogP contribution in [0.25, 0.3) is 11.4 Å². The standard InChI is InChI=1S/C8H6N2/c1-2-4-7-8(5-3-1)10-6-9-7/h1-6H. The molecule has 0 saturated carbocycles. The maximum atomic E-state index is 4.05. The third kappa shape index (κ3) is 0.739. The number of imidazole rings is 1. The fourth-order valence-corrected chi connectivity index (χ4v) is 0.900. The van der Waals surface area contributed by atoms with Gasteiger partial charge in [0, 0.05) is 0 Å². The first-order valence-corrected chi connectivity index (χ1v) is 3.12. The molecule has 2 heteroatoms. The lowest BCUT2D eigenvalue weighted by molar-refractivity contribution is 1.33. The van der Waals surface area contributed by atoms with E-state index in [4.69, 9.17) is 0 Å². The Kier molecular flexibility index (Phi) is 1.10. The third-order valence-electron chi connectivity index (χ3n) is 1.39. The number of nitrogens with zero attached hydrogens (tertiary/aromatic N) is 2. The summed E-state index contributed by atoms with van der Waals surface area (Å²) in [4.78, 5) is 8.10. The molecule has 0 N–H and O–H groups in total. The normalized spacial score (nSPS) is 10.0. The van der Waals surface area contributed by atoms with Gasteiger partial charge in [0.25, 0.3) is 0 Å². The molecule has 1 aliphatic heterocycles. The Morgan fingerprint density at radius 3 is 2.00 bits per heavy atom. The van der Waals surface area contributed by atoms with Crippen LogP contribution in [0.2, 0.25) is 0 Å². The number of aromatic nitrogens is 2. The first-order valence-electron chi connectivity index (χ1n) is 3.12. The van der Waals surface area contributed by atoms with Gasteiger partial charge in [-0.3, -0.25) is 0 Å². The summed E-state index contributed by atoms with van der Waals surface area (Å²) in [5.41, 5.74) is 1.90. The molecular weight excluding hydrogens is 124 g/mol. The molecule has 2 rings (SSSR count). The molecule has 0 atom stereocenters. The van der Waals surface area contributed by atoms with Crippen LogP contribution in [-0.4, -0.2) is 9.97 Å². The number of hydrogen-bond donors (Lipinski definition) is 0. The van der Waals surface area contributed by atoms with Crippen LogP contribution in [0.5, 0.6) is 0 Å². The highest BCUT2D eigenvalue weighted by atomic mass is 14.9. The van der Waals surface area contributed by atoms with E-state index in [-0.39, 0.29) is 0 Å². The summed E-state index contributed by atoms with van der Waals surface area (Å²) in [6.07, 6.45) is 1.57. The Hall–Kier alpha value is -1.44. The Balaban J connectivity index is 2.74. The smallest absolute Gasteiger partial charge is 0.116 e. The SMILES string of the molecule is c1ccc2ncnc-2cc1. The Bertz CT molecular complexity index is 278. The van der Waals surface area contributed by atoms with Crippen LogP contribution in [0.4, 0.5) is 0 Å². The monoisotopic (exact) mass is 130 g/mol. The predicted octanol–water partition coefficient (Wildman–Crippen LogP) is 1.58. The van der Waals surface area contributed by atoms with Crippen molar-refractivity contribution >= 4 is 0 Å². The van der Waals surface area contributed by atoms with Crippen LogP contribution in [-0.2, 0) is 0 Å². The van der Waals surface area contributed by atoms with Crippen molar-refractivity contribution in [3.05, 3.63) is 36.7 Å². The van der Waals surface area contributed by atoms with Crippen LogP contribution in [0.3, 0.4) is 0 Å². The molecule has 48 valence electrons. The molecule has 2 aliphatic rings. The van der Waals surface area contributed by atoms with Crippen LogP contribution >= 0.6 is 0 Å². The van der Waals surface area contributed by atoms with E-state index >= 15 is 0 Å². The van der Waals surface area contributed by atoms with E-state index in [2.05, 4.69) is 9.97 Å². The minimum Gasteiger partial charge on any atom is -0.235 e. The van der Waals surface area contributed by atoms with Gasteiger partial charge >= 0.3 is 0 Å². The minimum absolute atomic E-state index is 0.949. The Morgan fingerprint density at radius 2 is 1.40 bits per heavy atom. The lowest BCUT2D eigenvalue weighted by atomic mass is 10.3. The van der Waals surface area contributed by atoms with Crippen molar-refractivity contribution in [3.63, 3.8) is 0 Å². The Morgan fingerprint density at radius 1 is 0.800 bits per heavy atom. The van der Waals surface area contributed by atoms with Gasteiger partial charge in [0.05, 0.1) is 11.4 Å². The molecule has 0 radical (unpaired) electrons. The molecule has 0 spiro atoms. The van der Waals surface area contributed by atoms with Gasteiger partial charge in [0.15, 0.2) is 0 Å². The quantitative estimate of drug-likeness (QED) is 0.541. The zero-order chi connectivity index (χ0) is 6.81. The molecular formula is C8H6N2. The van der Waals surface area contributed by atoms with Gasteiger partial charge in [0.1, 0.15) is 6.33 Å². The van der Waals surface area contributed by atoms with E-state index < -0.39 is 0 Å². The summed E-state index contributed by atoms with van der Waals surface area (Å²) in [7, 11) is 0. The van der Waals surface area contributed by atoms with Gasteiger partial charge in [-0.15, -0.1) is 0 Å². The average Bonchev–Trinajstić information content (AvgIpc) is 2.28. The highest BCUT2D eigenvalue weighted by molar-refractivity contribution is 5.53. The van der Waals surface area contributed by atoms with E-state index in [0.717, 1.165) is 11.4 Å². The summed E-state index contributed by atoms with van der Waals surface area (Å²) in [6.45, 7) is 0. The average molecular weight is 130 g/mol. The topological polar surface area (TPSA) is 25.8 Å². The highest BCUT2D eigenvalue weighted by Gasteiger charge is 1.98. The molecule has 10 heavy (non-hydrogen) atoms. The molecule has 0 aromatic carbocycles. The number of fused-ring (bicyclic) bond motifs is 1. The van der Waals surface area contributed by atoms with Crippen LogP contribution in [0.1, 0.15) is 0 Å². The molecule has 0 amide bonds. The first-order chi connectivity index (χ1) is 4.97. The number of rotatable bonds is 0. The van der Waals surface area contributed by atoms with Gasteiger partial charge in [-0.05, 0) is 12.1 Å². The van der Waals surface area contributed by atoms with Crippen molar-refractivity contribution in [2.24, 2.45) is 0 Å². The maximum Gasteiger partial charge on any atom is 0.116 e. The molecule has 0 fully saturated rings. The molecule has 1 aliphatic carbocycles. The number of hydrogen-bond acceptors (Lipinski definition) is 2. The summed E-state index contributed by atoms with van der Waals surface area (Å²) in [5.74, 6) is 0. The summed E-state index contributed by atoms with van der Waals surface area (Å²) >= 11 is 0. The van der Waals surface area contributed by atoms with E-state index in [1.165, 1.54) is 0 Å².